The Balaban J connectivity index is 2.13. The van der Waals surface area contributed by atoms with E-state index in [1.54, 1.807) is 0 Å². The average Bonchev–Trinajstić information content (AvgIpc) is 3.10. The number of thioether (sulfide) groups is 1. The Labute approximate surface area is 157 Å². The molecule has 1 aromatic carbocycles. The number of ether oxygens (including phenoxy) is 2. The normalized spacial score (nSPS) is 27.1. The molecule has 0 fully saturated rings. The van der Waals surface area contributed by atoms with Gasteiger partial charge in [-0.25, -0.2) is 0 Å². The number of carbonyl (C=O) groups is 2. The van der Waals surface area contributed by atoms with E-state index in [2.05, 4.69) is 4.99 Å². The van der Waals surface area contributed by atoms with E-state index < -0.39 is 29.8 Å². The van der Waals surface area contributed by atoms with Gasteiger partial charge in [0.15, 0.2) is 5.17 Å². The second kappa shape index (κ2) is 7.53. The van der Waals surface area contributed by atoms with Crippen molar-refractivity contribution in [2.24, 2.45) is 16.8 Å². The second-order valence-corrected chi connectivity index (χ2v) is 7.50. The highest BCUT2D eigenvalue weighted by Gasteiger charge is 2.51. The van der Waals surface area contributed by atoms with Crippen LogP contribution in [-0.2, 0) is 19.1 Å². The van der Waals surface area contributed by atoms with Crippen LogP contribution in [0.2, 0.25) is 0 Å². The number of methoxy groups -OCH3 is 2. The summed E-state index contributed by atoms with van der Waals surface area (Å²) in [6, 6.07) is 9.26. The van der Waals surface area contributed by atoms with Gasteiger partial charge in [0, 0.05) is 24.9 Å². The van der Waals surface area contributed by atoms with Gasteiger partial charge in [-0.05, 0) is 5.56 Å². The molecule has 7 heteroatoms. The molecule has 6 nitrogen and oxygen atoms in total. The first-order valence-corrected chi connectivity index (χ1v) is 9.14. The summed E-state index contributed by atoms with van der Waals surface area (Å²) in [5.74, 6) is -2.55. The molecule has 0 radical (unpaired) electrons. The summed E-state index contributed by atoms with van der Waals surface area (Å²) in [5.41, 5.74) is 0.960. The lowest BCUT2D eigenvalue weighted by Crippen LogP contribution is -2.44. The van der Waals surface area contributed by atoms with Crippen molar-refractivity contribution in [1.29, 1.82) is 0 Å². The highest BCUT2D eigenvalue weighted by atomic mass is 32.2. The predicted octanol–water partition coefficient (Wildman–Crippen LogP) is 2.28. The number of esters is 2. The number of amidine groups is 1. The average molecular weight is 374 g/mol. The number of hydrogen-bond donors (Lipinski definition) is 0. The van der Waals surface area contributed by atoms with Crippen LogP contribution >= 0.6 is 11.8 Å². The summed E-state index contributed by atoms with van der Waals surface area (Å²) < 4.78 is 10.1. The number of aliphatic imine (C=N–C) groups is 1. The number of rotatable bonds is 3. The highest BCUT2D eigenvalue weighted by molar-refractivity contribution is 8.17. The zero-order valence-electron chi connectivity index (χ0n) is 15.2. The first-order chi connectivity index (χ1) is 12.5. The Bertz CT molecular complexity index is 760. The minimum atomic E-state index is -0.720. The van der Waals surface area contributed by atoms with E-state index in [9.17, 15) is 9.59 Å². The third-order valence-corrected chi connectivity index (χ3v) is 5.99. The summed E-state index contributed by atoms with van der Waals surface area (Å²) in [6.07, 6.45) is 2.05. The van der Waals surface area contributed by atoms with Gasteiger partial charge in [0.1, 0.15) is 0 Å². The number of fused-ring (bicyclic) bond motifs is 1. The van der Waals surface area contributed by atoms with Gasteiger partial charge in [-0.2, -0.15) is 0 Å². The molecule has 0 N–H and O–H groups in total. The molecule has 1 heterocycles. The minimum Gasteiger partial charge on any atom is -0.469 e. The fourth-order valence-corrected chi connectivity index (χ4v) is 4.59. The molecule has 26 heavy (non-hydrogen) atoms. The number of carbonyl (C=O) groups excluding carboxylic acids is 2. The molecular weight excluding hydrogens is 352 g/mol. The summed E-state index contributed by atoms with van der Waals surface area (Å²) in [4.78, 5) is 32.9. The van der Waals surface area contributed by atoms with Crippen molar-refractivity contribution in [3.63, 3.8) is 0 Å². The summed E-state index contributed by atoms with van der Waals surface area (Å²) in [6.45, 7) is 0. The third kappa shape index (κ3) is 3.23. The maximum absolute atomic E-state index is 12.7. The summed E-state index contributed by atoms with van der Waals surface area (Å²) in [7, 11) is 6.49. The minimum absolute atomic E-state index is 0.275. The molecule has 0 aromatic heterocycles. The Hall–Kier alpha value is -2.28. The molecule has 1 aliphatic carbocycles. The molecule has 2 aliphatic rings. The fourth-order valence-electron chi connectivity index (χ4n) is 3.49. The Morgan fingerprint density at radius 2 is 1.65 bits per heavy atom. The lowest BCUT2D eigenvalue weighted by atomic mass is 9.70. The van der Waals surface area contributed by atoms with Gasteiger partial charge in [0.25, 0.3) is 0 Å². The van der Waals surface area contributed by atoms with Crippen LogP contribution in [0.3, 0.4) is 0 Å². The van der Waals surface area contributed by atoms with Crippen LogP contribution in [0.1, 0.15) is 11.5 Å². The second-order valence-electron chi connectivity index (χ2n) is 6.46. The molecule has 0 bridgehead atoms. The van der Waals surface area contributed by atoms with Crippen molar-refractivity contribution < 1.29 is 19.1 Å². The van der Waals surface area contributed by atoms with Crippen LogP contribution in [0.4, 0.5) is 0 Å². The molecule has 0 saturated carbocycles. The quantitative estimate of drug-likeness (QED) is 0.756. The van der Waals surface area contributed by atoms with Gasteiger partial charge >= 0.3 is 11.9 Å². The van der Waals surface area contributed by atoms with Crippen LogP contribution < -0.4 is 0 Å². The Morgan fingerprint density at radius 3 is 2.23 bits per heavy atom. The smallest absolute Gasteiger partial charge is 0.312 e. The Kier molecular flexibility index (Phi) is 5.36. The summed E-state index contributed by atoms with van der Waals surface area (Å²) in [5, 5.41) is 0.812. The maximum Gasteiger partial charge on any atom is 0.312 e. The van der Waals surface area contributed by atoms with E-state index in [1.165, 1.54) is 26.0 Å². The third-order valence-electron chi connectivity index (χ3n) is 4.72. The fraction of sp³-hybridized carbons (Fsp3) is 0.421. The van der Waals surface area contributed by atoms with Crippen molar-refractivity contribution in [1.82, 2.24) is 4.90 Å². The first kappa shape index (κ1) is 18.5. The van der Waals surface area contributed by atoms with Gasteiger partial charge in [-0.1, -0.05) is 48.2 Å². The zero-order chi connectivity index (χ0) is 18.8. The molecule has 3 rings (SSSR count). The van der Waals surface area contributed by atoms with Crippen LogP contribution in [0.15, 0.2) is 46.3 Å². The largest absolute Gasteiger partial charge is 0.469 e. The molecule has 138 valence electrons. The molecule has 4 atom stereocenters. The van der Waals surface area contributed by atoms with Crippen LogP contribution in [0.5, 0.6) is 0 Å². The van der Waals surface area contributed by atoms with Gasteiger partial charge in [0.2, 0.25) is 0 Å². The van der Waals surface area contributed by atoms with Crippen LogP contribution in [0.25, 0.3) is 0 Å². The van der Waals surface area contributed by atoms with Gasteiger partial charge in [0.05, 0.1) is 32.1 Å². The lowest BCUT2D eigenvalue weighted by Gasteiger charge is -2.35. The number of hydrogen-bond acceptors (Lipinski definition) is 7. The van der Waals surface area contributed by atoms with Gasteiger partial charge in [-0.15, -0.1) is 0 Å². The van der Waals surface area contributed by atoms with Crippen molar-refractivity contribution in [2.75, 3.05) is 28.3 Å². The predicted molar refractivity (Wildman–Crippen MR) is 101 cm³/mol. The summed E-state index contributed by atoms with van der Waals surface area (Å²) >= 11 is 1.53. The van der Waals surface area contributed by atoms with Crippen LogP contribution in [-0.4, -0.2) is 56.4 Å². The first-order valence-electron chi connectivity index (χ1n) is 8.33. The standard InChI is InChI=1S/C19H22N2O4S/c1-21(2)19-20-16-13(26-19)10-12(11-8-6-5-7-9-11)14(17(22)24-3)15(16)18(23)25-4/h5-10,12,14-16H,1-4H3/t12-,14-,15+,16-/m1/s1. The van der Waals surface area contributed by atoms with E-state index in [1.807, 2.05) is 55.4 Å². The van der Waals surface area contributed by atoms with Crippen LogP contribution in [0, 0.1) is 11.8 Å². The number of allylic oxidation sites excluding steroid dienone is 1. The van der Waals surface area contributed by atoms with Gasteiger partial charge < -0.3 is 14.4 Å². The molecular formula is C19H22N2O4S. The number of benzene rings is 1. The SMILES string of the molecule is COC(=O)[C@H]1[C@H](C(=O)OC)[C@@H](c2ccccc2)C=C2SC(N(C)C)=N[C@H]21. The zero-order valence-corrected chi connectivity index (χ0v) is 16.0. The van der Waals surface area contributed by atoms with Crippen molar-refractivity contribution >= 4 is 28.9 Å². The Morgan fingerprint density at radius 1 is 1.04 bits per heavy atom. The van der Waals surface area contributed by atoms with E-state index in [0.717, 1.165) is 15.6 Å². The van der Waals surface area contributed by atoms with E-state index in [-0.39, 0.29) is 5.92 Å². The lowest BCUT2D eigenvalue weighted by molar-refractivity contribution is -0.159. The van der Waals surface area contributed by atoms with Gasteiger partial charge in [-0.3, -0.25) is 14.6 Å². The maximum atomic E-state index is 12.7. The van der Waals surface area contributed by atoms with Crippen molar-refractivity contribution in [3.05, 3.63) is 46.9 Å². The molecule has 0 spiro atoms. The van der Waals surface area contributed by atoms with E-state index in [4.69, 9.17) is 9.47 Å². The topological polar surface area (TPSA) is 68.2 Å². The van der Waals surface area contributed by atoms with Crippen molar-refractivity contribution in [2.45, 2.75) is 12.0 Å². The molecule has 0 amide bonds. The molecule has 0 unspecified atom stereocenters. The van der Waals surface area contributed by atoms with E-state index >= 15 is 0 Å². The molecule has 1 aromatic rings. The van der Waals surface area contributed by atoms with E-state index in [0.29, 0.717) is 0 Å². The van der Waals surface area contributed by atoms with Crippen molar-refractivity contribution in [3.8, 4) is 0 Å². The molecule has 0 saturated heterocycles. The monoisotopic (exact) mass is 374 g/mol. The number of nitrogens with zero attached hydrogens (tertiary/aromatic N) is 2. The highest BCUT2D eigenvalue weighted by Crippen LogP contribution is 2.49. The molecule has 1 aliphatic heterocycles.